The lowest BCUT2D eigenvalue weighted by Gasteiger charge is -2.07. The van der Waals surface area contributed by atoms with Gasteiger partial charge in [0.05, 0.1) is 0 Å². The molecule has 0 saturated heterocycles. The first kappa shape index (κ1) is 21.0. The predicted molar refractivity (Wildman–Crippen MR) is 123 cm³/mol. The highest BCUT2D eigenvalue weighted by Gasteiger charge is 2.18. The summed E-state index contributed by atoms with van der Waals surface area (Å²) in [5, 5.41) is 0. The third-order valence-electron chi connectivity index (χ3n) is 4.80. The first-order valence-electron chi connectivity index (χ1n) is 9.93. The Morgan fingerprint density at radius 2 is 0.938 bits per heavy atom. The van der Waals surface area contributed by atoms with Gasteiger partial charge in [-0.3, -0.25) is 14.8 Å². The van der Waals surface area contributed by atoms with Crippen molar-refractivity contribution in [2.75, 3.05) is 0 Å². The topological polar surface area (TPSA) is 42.9 Å². The molecular formula is C27H18F2N2O. The maximum absolute atomic E-state index is 13.9. The standard InChI is InChI=1S/C27H18F2N2O/c28-23-11-3-1-7-19(23)13-15-21-9-5-17-30-25(21)27(32)26-22(10-6-18-31-26)16-14-20-8-2-4-12-24(20)29/h1-18H. The Morgan fingerprint density at radius 1 is 0.562 bits per heavy atom. The highest BCUT2D eigenvalue weighted by atomic mass is 19.1. The van der Waals surface area contributed by atoms with E-state index in [4.69, 9.17) is 0 Å². The second-order valence-electron chi connectivity index (χ2n) is 6.92. The van der Waals surface area contributed by atoms with Crippen molar-refractivity contribution >= 4 is 30.1 Å². The average Bonchev–Trinajstić information content (AvgIpc) is 2.83. The van der Waals surface area contributed by atoms with Crippen molar-refractivity contribution in [2.45, 2.75) is 0 Å². The fourth-order valence-electron chi connectivity index (χ4n) is 3.18. The number of hydrogen-bond donors (Lipinski definition) is 0. The smallest absolute Gasteiger partial charge is 0.230 e. The van der Waals surface area contributed by atoms with E-state index in [1.807, 2.05) is 0 Å². The maximum Gasteiger partial charge on any atom is 0.230 e. The number of nitrogens with zero attached hydrogens (tertiary/aromatic N) is 2. The number of ketones is 1. The lowest BCUT2D eigenvalue weighted by atomic mass is 10.0. The molecule has 4 rings (SSSR count). The molecule has 2 heterocycles. The summed E-state index contributed by atoms with van der Waals surface area (Å²) in [5.74, 6) is -1.09. The van der Waals surface area contributed by atoms with Gasteiger partial charge in [-0.15, -0.1) is 0 Å². The molecule has 0 bridgehead atoms. The summed E-state index contributed by atoms with van der Waals surface area (Å²) in [5.41, 5.74) is 2.27. The molecule has 0 N–H and O–H groups in total. The first-order valence-corrected chi connectivity index (χ1v) is 9.93. The van der Waals surface area contributed by atoms with Crippen molar-refractivity contribution in [3.63, 3.8) is 0 Å². The molecule has 0 aliphatic carbocycles. The van der Waals surface area contributed by atoms with E-state index in [1.54, 1.807) is 85.0 Å². The van der Waals surface area contributed by atoms with E-state index >= 15 is 0 Å². The summed E-state index contributed by atoms with van der Waals surface area (Å²) in [6, 6.07) is 19.6. The zero-order valence-electron chi connectivity index (χ0n) is 17.0. The second kappa shape index (κ2) is 9.71. The Bertz CT molecular complexity index is 1230. The highest BCUT2D eigenvalue weighted by molar-refractivity contribution is 6.11. The van der Waals surface area contributed by atoms with Crippen molar-refractivity contribution in [1.29, 1.82) is 0 Å². The van der Waals surface area contributed by atoms with Crippen molar-refractivity contribution in [3.8, 4) is 0 Å². The van der Waals surface area contributed by atoms with Crippen LogP contribution in [-0.4, -0.2) is 15.8 Å². The molecule has 0 aliphatic heterocycles. The van der Waals surface area contributed by atoms with E-state index in [0.717, 1.165) is 0 Å². The number of rotatable bonds is 6. The van der Waals surface area contributed by atoms with Crippen LogP contribution in [0.15, 0.2) is 85.2 Å². The van der Waals surface area contributed by atoms with Crippen molar-refractivity contribution in [2.24, 2.45) is 0 Å². The molecule has 4 aromatic rings. The molecule has 32 heavy (non-hydrogen) atoms. The first-order chi connectivity index (χ1) is 15.6. The van der Waals surface area contributed by atoms with E-state index in [2.05, 4.69) is 9.97 Å². The van der Waals surface area contributed by atoms with Crippen molar-refractivity contribution in [1.82, 2.24) is 9.97 Å². The van der Waals surface area contributed by atoms with Gasteiger partial charge in [0.2, 0.25) is 5.78 Å². The predicted octanol–water partition coefficient (Wildman–Crippen LogP) is 6.33. The van der Waals surface area contributed by atoms with E-state index in [9.17, 15) is 13.6 Å². The molecule has 0 fully saturated rings. The second-order valence-corrected chi connectivity index (χ2v) is 6.92. The van der Waals surface area contributed by atoms with Gasteiger partial charge in [-0.05, 0) is 24.3 Å². The molecule has 156 valence electrons. The van der Waals surface area contributed by atoms with Crippen LogP contribution in [0.5, 0.6) is 0 Å². The molecule has 0 atom stereocenters. The van der Waals surface area contributed by atoms with Gasteiger partial charge < -0.3 is 0 Å². The van der Waals surface area contributed by atoms with Crippen LogP contribution >= 0.6 is 0 Å². The van der Waals surface area contributed by atoms with Gasteiger partial charge in [-0.25, -0.2) is 8.78 Å². The number of pyridine rings is 2. The Hall–Kier alpha value is -4.25. The number of benzene rings is 2. The molecule has 0 saturated carbocycles. The van der Waals surface area contributed by atoms with Gasteiger partial charge in [0.1, 0.15) is 23.0 Å². The quantitative estimate of drug-likeness (QED) is 0.340. The van der Waals surface area contributed by atoms with E-state index in [1.165, 1.54) is 24.5 Å². The fourth-order valence-corrected chi connectivity index (χ4v) is 3.18. The Kier molecular flexibility index (Phi) is 6.37. The van der Waals surface area contributed by atoms with Gasteiger partial charge in [0.15, 0.2) is 0 Å². The van der Waals surface area contributed by atoms with Gasteiger partial charge in [0, 0.05) is 34.6 Å². The van der Waals surface area contributed by atoms with Gasteiger partial charge >= 0.3 is 0 Å². The minimum Gasteiger partial charge on any atom is -0.285 e. The fraction of sp³-hybridized carbons (Fsp3) is 0. The number of hydrogen-bond acceptors (Lipinski definition) is 3. The Labute approximate surface area is 184 Å². The summed E-state index contributed by atoms with van der Waals surface area (Å²) in [7, 11) is 0. The molecule has 2 aromatic carbocycles. The molecule has 2 aromatic heterocycles. The molecule has 0 spiro atoms. The minimum absolute atomic E-state index is 0.194. The summed E-state index contributed by atoms with van der Waals surface area (Å²) >= 11 is 0. The van der Waals surface area contributed by atoms with E-state index in [-0.39, 0.29) is 28.8 Å². The van der Waals surface area contributed by atoms with E-state index < -0.39 is 0 Å². The third kappa shape index (κ3) is 4.73. The Morgan fingerprint density at radius 3 is 1.38 bits per heavy atom. The van der Waals surface area contributed by atoms with Crippen LogP contribution in [0, 0.1) is 11.6 Å². The molecule has 3 nitrogen and oxygen atoms in total. The SMILES string of the molecule is O=C(c1ncccc1C=Cc1ccccc1F)c1ncccc1C=Cc1ccccc1F. The van der Waals surface area contributed by atoms with Crippen molar-refractivity contribution < 1.29 is 13.6 Å². The molecule has 0 radical (unpaired) electrons. The van der Waals surface area contributed by atoms with Crippen LogP contribution < -0.4 is 0 Å². The van der Waals surface area contributed by atoms with Crippen LogP contribution in [0.2, 0.25) is 0 Å². The normalized spacial score (nSPS) is 11.3. The highest BCUT2D eigenvalue weighted by Crippen LogP contribution is 2.19. The average molecular weight is 424 g/mol. The van der Waals surface area contributed by atoms with Crippen LogP contribution in [0.4, 0.5) is 8.78 Å². The summed E-state index contributed by atoms with van der Waals surface area (Å²) in [4.78, 5) is 21.8. The van der Waals surface area contributed by atoms with Gasteiger partial charge in [-0.1, -0.05) is 72.8 Å². The molecular weight excluding hydrogens is 406 g/mol. The van der Waals surface area contributed by atoms with Crippen LogP contribution in [0.25, 0.3) is 24.3 Å². The lowest BCUT2D eigenvalue weighted by molar-refractivity contribution is 0.102. The van der Waals surface area contributed by atoms with Gasteiger partial charge in [0.25, 0.3) is 0 Å². The number of carbonyl (C=O) groups excluding carboxylic acids is 1. The van der Waals surface area contributed by atoms with Crippen LogP contribution in [0.1, 0.15) is 38.4 Å². The summed E-state index contributed by atoms with van der Waals surface area (Å²) in [6.45, 7) is 0. The van der Waals surface area contributed by atoms with Crippen LogP contribution in [-0.2, 0) is 0 Å². The van der Waals surface area contributed by atoms with Gasteiger partial charge in [-0.2, -0.15) is 0 Å². The number of carbonyl (C=O) groups is 1. The molecule has 0 amide bonds. The molecule has 0 unspecified atom stereocenters. The van der Waals surface area contributed by atoms with E-state index in [0.29, 0.717) is 22.3 Å². The molecule has 5 heteroatoms. The summed E-state index contributed by atoms with van der Waals surface area (Å²) in [6.07, 6.45) is 9.53. The molecule has 0 aliphatic rings. The largest absolute Gasteiger partial charge is 0.285 e. The zero-order chi connectivity index (χ0) is 22.3. The third-order valence-corrected chi connectivity index (χ3v) is 4.80. The zero-order valence-corrected chi connectivity index (χ0v) is 17.0. The van der Waals surface area contributed by atoms with Crippen molar-refractivity contribution in [3.05, 3.63) is 130 Å². The number of halogens is 2. The summed E-state index contributed by atoms with van der Waals surface area (Å²) < 4.78 is 27.9. The minimum atomic E-state index is -0.382. The maximum atomic E-state index is 13.9. The monoisotopic (exact) mass is 424 g/mol. The lowest BCUT2D eigenvalue weighted by Crippen LogP contribution is -2.10. The van der Waals surface area contributed by atoms with Crippen LogP contribution in [0.3, 0.4) is 0 Å². The Balaban J connectivity index is 1.68. The number of aromatic nitrogens is 2.